The Labute approximate surface area is 124 Å². The molecule has 0 fully saturated rings. The van der Waals surface area contributed by atoms with Crippen molar-refractivity contribution < 1.29 is 4.74 Å². The van der Waals surface area contributed by atoms with Crippen LogP contribution in [0.15, 0.2) is 47.1 Å². The van der Waals surface area contributed by atoms with E-state index >= 15 is 0 Å². The quantitative estimate of drug-likeness (QED) is 0.779. The summed E-state index contributed by atoms with van der Waals surface area (Å²) in [6.45, 7) is 0. The van der Waals surface area contributed by atoms with Crippen molar-refractivity contribution in [2.45, 2.75) is 0 Å². The monoisotopic (exact) mass is 329 g/mol. The number of anilines is 1. The summed E-state index contributed by atoms with van der Waals surface area (Å²) in [4.78, 5) is 8.40. The minimum Gasteiger partial charge on any atom is -0.493 e. The van der Waals surface area contributed by atoms with E-state index in [2.05, 4.69) is 25.9 Å². The zero-order valence-electron chi connectivity index (χ0n) is 10.8. The van der Waals surface area contributed by atoms with Gasteiger partial charge in [-0.05, 0) is 33.1 Å². The summed E-state index contributed by atoms with van der Waals surface area (Å²) in [5.74, 6) is 0.890. The molecular formula is C15H12BrN3O. The highest BCUT2D eigenvalue weighted by atomic mass is 79.9. The molecule has 0 aliphatic carbocycles. The number of nitrogen functional groups attached to an aromatic ring is 1. The van der Waals surface area contributed by atoms with E-state index in [-0.39, 0.29) is 5.95 Å². The lowest BCUT2D eigenvalue weighted by Crippen LogP contribution is -1.98. The Morgan fingerprint density at radius 3 is 2.65 bits per heavy atom. The number of benzene rings is 2. The first kappa shape index (κ1) is 12.9. The second kappa shape index (κ2) is 5.09. The Morgan fingerprint density at radius 1 is 1.20 bits per heavy atom. The molecule has 0 amide bonds. The van der Waals surface area contributed by atoms with Crippen LogP contribution in [0.3, 0.4) is 0 Å². The number of methoxy groups -OCH3 is 1. The van der Waals surface area contributed by atoms with Gasteiger partial charge in [0.1, 0.15) is 5.52 Å². The highest BCUT2D eigenvalue weighted by Crippen LogP contribution is 2.39. The van der Waals surface area contributed by atoms with Crippen LogP contribution in [0.4, 0.5) is 5.95 Å². The zero-order valence-corrected chi connectivity index (χ0v) is 12.4. The van der Waals surface area contributed by atoms with Gasteiger partial charge in [-0.3, -0.25) is 0 Å². The molecule has 0 spiro atoms. The maximum absolute atomic E-state index is 5.69. The molecule has 1 aromatic heterocycles. The lowest BCUT2D eigenvalue weighted by atomic mass is 10.0. The highest BCUT2D eigenvalue weighted by molar-refractivity contribution is 9.10. The van der Waals surface area contributed by atoms with Crippen LogP contribution in [0.5, 0.6) is 5.75 Å². The fourth-order valence-electron chi connectivity index (χ4n) is 2.20. The van der Waals surface area contributed by atoms with Gasteiger partial charge in [-0.2, -0.15) is 0 Å². The van der Waals surface area contributed by atoms with Crippen LogP contribution in [0.1, 0.15) is 0 Å². The van der Waals surface area contributed by atoms with Gasteiger partial charge in [0.05, 0.1) is 11.6 Å². The largest absolute Gasteiger partial charge is 0.493 e. The molecule has 0 atom stereocenters. The number of aromatic nitrogens is 2. The Kier molecular flexibility index (Phi) is 3.28. The van der Waals surface area contributed by atoms with Crippen molar-refractivity contribution in [1.29, 1.82) is 0 Å². The van der Waals surface area contributed by atoms with Crippen molar-refractivity contribution in [3.63, 3.8) is 0 Å². The van der Waals surface area contributed by atoms with E-state index in [4.69, 9.17) is 10.5 Å². The molecule has 0 saturated carbocycles. The average Bonchev–Trinajstić information content (AvgIpc) is 2.47. The Balaban J connectivity index is 2.40. The molecule has 0 unspecified atom stereocenters. The smallest absolute Gasteiger partial charge is 0.220 e. The van der Waals surface area contributed by atoms with Crippen molar-refractivity contribution >= 4 is 32.8 Å². The molecule has 5 heteroatoms. The molecule has 2 N–H and O–H groups in total. The molecule has 0 aliphatic heterocycles. The fourth-order valence-corrected chi connectivity index (χ4v) is 2.78. The van der Waals surface area contributed by atoms with Gasteiger partial charge in [-0.15, -0.1) is 0 Å². The first-order valence-corrected chi connectivity index (χ1v) is 6.84. The summed E-state index contributed by atoms with van der Waals surface area (Å²) in [5.41, 5.74) is 8.52. The molecule has 1 heterocycles. The molecule has 0 saturated heterocycles. The second-order valence-corrected chi connectivity index (χ2v) is 5.15. The number of halogens is 1. The van der Waals surface area contributed by atoms with E-state index in [0.717, 1.165) is 21.0 Å². The van der Waals surface area contributed by atoms with Crippen LogP contribution in [0.2, 0.25) is 0 Å². The Hall–Kier alpha value is -2.14. The normalized spacial score (nSPS) is 10.7. The van der Waals surface area contributed by atoms with Crippen LogP contribution in [-0.2, 0) is 0 Å². The summed E-state index contributed by atoms with van der Waals surface area (Å²) in [5, 5.41) is 0.908. The van der Waals surface area contributed by atoms with Gasteiger partial charge >= 0.3 is 0 Å². The van der Waals surface area contributed by atoms with Gasteiger partial charge < -0.3 is 10.5 Å². The minimum absolute atomic E-state index is 0.230. The van der Waals surface area contributed by atoms with E-state index in [9.17, 15) is 0 Å². The summed E-state index contributed by atoms with van der Waals surface area (Å²) >= 11 is 3.52. The summed E-state index contributed by atoms with van der Waals surface area (Å²) in [6, 6.07) is 12.1. The Morgan fingerprint density at radius 2 is 1.95 bits per heavy atom. The van der Waals surface area contributed by atoms with Crippen LogP contribution < -0.4 is 10.5 Å². The van der Waals surface area contributed by atoms with E-state index in [0.29, 0.717) is 11.3 Å². The second-order valence-electron chi connectivity index (χ2n) is 4.30. The maximum atomic E-state index is 5.69. The third-order valence-electron chi connectivity index (χ3n) is 3.09. The van der Waals surface area contributed by atoms with Crippen molar-refractivity contribution in [3.8, 4) is 16.9 Å². The number of ether oxygens (including phenoxy) is 1. The summed E-state index contributed by atoms with van der Waals surface area (Å²) in [6.07, 6.45) is 1.73. The first-order valence-electron chi connectivity index (χ1n) is 6.05. The summed E-state index contributed by atoms with van der Waals surface area (Å²) in [7, 11) is 1.61. The average molecular weight is 330 g/mol. The molecular weight excluding hydrogens is 318 g/mol. The molecule has 0 aliphatic rings. The minimum atomic E-state index is 0.230. The van der Waals surface area contributed by atoms with Gasteiger partial charge in [0, 0.05) is 11.6 Å². The number of nitrogens with zero attached hydrogens (tertiary/aromatic N) is 2. The number of fused-ring (bicyclic) bond motifs is 1. The SMILES string of the molecule is COc1c(Br)cc(-c2ccccc2)c2cnc(N)nc12. The van der Waals surface area contributed by atoms with Crippen molar-refractivity contribution in [2.24, 2.45) is 0 Å². The summed E-state index contributed by atoms with van der Waals surface area (Å²) < 4.78 is 6.25. The number of nitrogens with two attached hydrogens (primary N) is 1. The lowest BCUT2D eigenvalue weighted by molar-refractivity contribution is 0.416. The van der Waals surface area contributed by atoms with Crippen LogP contribution in [0, 0.1) is 0 Å². The van der Waals surface area contributed by atoms with Crippen molar-refractivity contribution in [1.82, 2.24) is 9.97 Å². The maximum Gasteiger partial charge on any atom is 0.220 e. The molecule has 20 heavy (non-hydrogen) atoms. The predicted octanol–water partition coefficient (Wildman–Crippen LogP) is 3.65. The zero-order chi connectivity index (χ0) is 14.1. The van der Waals surface area contributed by atoms with E-state index in [1.54, 1.807) is 13.3 Å². The molecule has 100 valence electrons. The van der Waals surface area contributed by atoms with Gasteiger partial charge in [-0.25, -0.2) is 9.97 Å². The third kappa shape index (κ3) is 2.10. The molecule has 4 nitrogen and oxygen atoms in total. The van der Waals surface area contributed by atoms with E-state index < -0.39 is 0 Å². The molecule has 3 rings (SSSR count). The fraction of sp³-hybridized carbons (Fsp3) is 0.0667. The highest BCUT2D eigenvalue weighted by Gasteiger charge is 2.14. The van der Waals surface area contributed by atoms with E-state index in [1.165, 1.54) is 0 Å². The lowest BCUT2D eigenvalue weighted by Gasteiger charge is -2.12. The van der Waals surface area contributed by atoms with Gasteiger partial charge in [0.15, 0.2) is 5.75 Å². The number of hydrogen-bond donors (Lipinski definition) is 1. The van der Waals surface area contributed by atoms with Crippen LogP contribution >= 0.6 is 15.9 Å². The van der Waals surface area contributed by atoms with Crippen LogP contribution in [0.25, 0.3) is 22.0 Å². The van der Waals surface area contributed by atoms with Crippen molar-refractivity contribution in [2.75, 3.05) is 12.8 Å². The number of hydrogen-bond acceptors (Lipinski definition) is 4. The number of rotatable bonds is 2. The molecule has 0 radical (unpaired) electrons. The standard InChI is InChI=1S/C15H12BrN3O/c1-20-14-12(16)7-10(9-5-3-2-4-6-9)11-8-18-15(17)19-13(11)14/h2-8H,1H3,(H2,17,18,19). The van der Waals surface area contributed by atoms with Gasteiger partial charge in [0.25, 0.3) is 0 Å². The first-order chi connectivity index (χ1) is 9.70. The van der Waals surface area contributed by atoms with Gasteiger partial charge in [-0.1, -0.05) is 30.3 Å². The molecule has 3 aromatic rings. The Bertz CT molecular complexity index is 775. The van der Waals surface area contributed by atoms with Crippen LogP contribution in [-0.4, -0.2) is 17.1 Å². The molecule has 2 aromatic carbocycles. The van der Waals surface area contributed by atoms with Gasteiger partial charge in [0.2, 0.25) is 5.95 Å². The predicted molar refractivity (Wildman–Crippen MR) is 83.6 cm³/mol. The molecule has 0 bridgehead atoms. The topological polar surface area (TPSA) is 61.0 Å². The third-order valence-corrected chi connectivity index (χ3v) is 3.68. The van der Waals surface area contributed by atoms with Crippen molar-refractivity contribution in [3.05, 3.63) is 47.1 Å². The van der Waals surface area contributed by atoms with E-state index in [1.807, 2.05) is 36.4 Å².